The van der Waals surface area contributed by atoms with Gasteiger partial charge in [-0.1, -0.05) is 33.3 Å². The first-order valence-electron chi connectivity index (χ1n) is 8.89. The average Bonchev–Trinajstić information content (AvgIpc) is 2.94. The number of ether oxygens (including phenoxy) is 1. The molecule has 1 saturated carbocycles. The van der Waals surface area contributed by atoms with E-state index in [2.05, 4.69) is 18.8 Å². The van der Waals surface area contributed by atoms with Crippen LogP contribution in [0.25, 0.3) is 11.1 Å². The van der Waals surface area contributed by atoms with Gasteiger partial charge in [-0.3, -0.25) is 0 Å². The van der Waals surface area contributed by atoms with Crippen LogP contribution in [0.2, 0.25) is 0 Å². The number of halogens is 2. The predicted molar refractivity (Wildman–Crippen MR) is 95.9 cm³/mol. The fourth-order valence-corrected chi connectivity index (χ4v) is 4.07. The van der Waals surface area contributed by atoms with E-state index in [4.69, 9.17) is 4.74 Å². The molecule has 0 bridgehead atoms. The third kappa shape index (κ3) is 3.99. The molecule has 0 aliphatic heterocycles. The standard InChI is InChI=1S/C21H25F2NO.U/c1-5-13-9-15(17-7-6-8-21(17,2)3)14(10-18(13)22)16-11-20(25-4)24-12-19(16)23;/h9-12,17H,5-8H2,1-4H3;/t17-;/m0./s1. The Kier molecular flexibility index (Phi) is 6.91. The van der Waals surface area contributed by atoms with Gasteiger partial charge in [0.05, 0.1) is 13.3 Å². The smallest absolute Gasteiger partial charge is 0.213 e. The topological polar surface area (TPSA) is 22.1 Å². The molecule has 26 heavy (non-hydrogen) atoms. The number of rotatable bonds is 4. The molecule has 2 nitrogen and oxygen atoms in total. The molecule has 1 heterocycles. The van der Waals surface area contributed by atoms with Crippen molar-refractivity contribution in [3.8, 4) is 17.0 Å². The Balaban J connectivity index is 0.00000243. The van der Waals surface area contributed by atoms with Gasteiger partial charge in [0.15, 0.2) is 0 Å². The maximum atomic E-state index is 14.5. The zero-order valence-electron chi connectivity index (χ0n) is 15.8. The van der Waals surface area contributed by atoms with E-state index in [1.165, 1.54) is 13.2 Å². The van der Waals surface area contributed by atoms with E-state index in [9.17, 15) is 8.78 Å². The Morgan fingerprint density at radius 1 is 1.15 bits per heavy atom. The van der Waals surface area contributed by atoms with Gasteiger partial charge in [0.2, 0.25) is 5.88 Å². The van der Waals surface area contributed by atoms with Crippen molar-refractivity contribution in [1.29, 1.82) is 0 Å². The van der Waals surface area contributed by atoms with E-state index >= 15 is 0 Å². The van der Waals surface area contributed by atoms with Crippen LogP contribution in [0.1, 0.15) is 57.1 Å². The molecule has 0 unspecified atom stereocenters. The van der Waals surface area contributed by atoms with E-state index in [1.54, 1.807) is 6.07 Å². The first-order chi connectivity index (χ1) is 11.9. The van der Waals surface area contributed by atoms with Crippen LogP contribution in [-0.4, -0.2) is 12.1 Å². The van der Waals surface area contributed by atoms with Gasteiger partial charge in [-0.2, -0.15) is 0 Å². The number of hydrogen-bond donors (Lipinski definition) is 0. The zero-order valence-corrected chi connectivity index (χ0v) is 20.0. The summed E-state index contributed by atoms with van der Waals surface area (Å²) in [6, 6.07) is 4.98. The monoisotopic (exact) mass is 583 g/mol. The van der Waals surface area contributed by atoms with Crippen LogP contribution in [0.3, 0.4) is 0 Å². The number of pyridine rings is 1. The van der Waals surface area contributed by atoms with Gasteiger partial charge in [0.1, 0.15) is 11.6 Å². The Morgan fingerprint density at radius 3 is 2.46 bits per heavy atom. The summed E-state index contributed by atoms with van der Waals surface area (Å²) < 4.78 is 34.2. The minimum atomic E-state index is -0.457. The fraction of sp³-hybridized carbons (Fsp3) is 0.476. The summed E-state index contributed by atoms with van der Waals surface area (Å²) >= 11 is 0. The van der Waals surface area contributed by atoms with Crippen LogP contribution >= 0.6 is 0 Å². The number of aryl methyl sites for hydroxylation is 1. The van der Waals surface area contributed by atoms with Crippen molar-refractivity contribution < 1.29 is 44.6 Å². The van der Waals surface area contributed by atoms with Gasteiger partial charge in [0, 0.05) is 42.7 Å². The Labute approximate surface area is 178 Å². The molecule has 0 amide bonds. The van der Waals surface area contributed by atoms with Crippen molar-refractivity contribution in [3.05, 3.63) is 47.2 Å². The molecule has 3 rings (SSSR count). The quantitative estimate of drug-likeness (QED) is 0.448. The summed E-state index contributed by atoms with van der Waals surface area (Å²) in [6.07, 6.45) is 5.06. The second-order valence-electron chi connectivity index (χ2n) is 7.52. The maximum absolute atomic E-state index is 14.5. The Hall–Kier alpha value is -0.918. The summed E-state index contributed by atoms with van der Waals surface area (Å²) in [5.74, 6) is -0.131. The van der Waals surface area contributed by atoms with E-state index < -0.39 is 5.82 Å². The second kappa shape index (κ2) is 8.40. The third-order valence-electron chi connectivity index (χ3n) is 5.56. The summed E-state index contributed by atoms with van der Waals surface area (Å²) in [5.41, 5.74) is 2.81. The summed E-state index contributed by atoms with van der Waals surface area (Å²) in [6.45, 7) is 6.43. The number of methoxy groups -OCH3 is 1. The minimum Gasteiger partial charge on any atom is -0.481 e. The molecule has 1 aliphatic rings. The SMILES string of the molecule is CCc1cc([C@@H]2CCCC2(C)C)c(-c2cc(OC)ncc2F)cc1F.[U]. The molecule has 138 valence electrons. The number of hydrogen-bond acceptors (Lipinski definition) is 2. The number of benzene rings is 1. The molecular formula is C21H25F2NOU. The largest absolute Gasteiger partial charge is 0.481 e. The van der Waals surface area contributed by atoms with Gasteiger partial charge in [-0.25, -0.2) is 13.8 Å². The third-order valence-corrected chi connectivity index (χ3v) is 5.56. The predicted octanol–water partition coefficient (Wildman–Crippen LogP) is 5.89. The van der Waals surface area contributed by atoms with E-state index in [0.717, 1.165) is 31.0 Å². The molecule has 1 fully saturated rings. The van der Waals surface area contributed by atoms with Crippen molar-refractivity contribution in [1.82, 2.24) is 4.98 Å². The second-order valence-corrected chi connectivity index (χ2v) is 7.52. The average molecular weight is 583 g/mol. The first kappa shape index (κ1) is 21.4. The Bertz CT molecular complexity index is 792. The van der Waals surface area contributed by atoms with Crippen LogP contribution in [0.5, 0.6) is 5.88 Å². The zero-order chi connectivity index (χ0) is 18.2. The van der Waals surface area contributed by atoms with Gasteiger partial charge in [-0.15, -0.1) is 0 Å². The molecule has 1 aromatic heterocycles. The van der Waals surface area contributed by atoms with Crippen LogP contribution in [0.15, 0.2) is 24.4 Å². The normalized spacial score (nSPS) is 18.5. The van der Waals surface area contributed by atoms with Crippen molar-refractivity contribution in [2.24, 2.45) is 5.41 Å². The summed E-state index contributed by atoms with van der Waals surface area (Å²) in [4.78, 5) is 3.90. The molecule has 0 spiro atoms. The van der Waals surface area contributed by atoms with Crippen LogP contribution in [-0.2, 0) is 6.42 Å². The maximum Gasteiger partial charge on any atom is 0.213 e. The van der Waals surface area contributed by atoms with Crippen molar-refractivity contribution in [3.63, 3.8) is 0 Å². The van der Waals surface area contributed by atoms with Crippen molar-refractivity contribution >= 4 is 0 Å². The van der Waals surface area contributed by atoms with Crippen LogP contribution in [0, 0.1) is 48.2 Å². The van der Waals surface area contributed by atoms with Crippen molar-refractivity contribution in [2.75, 3.05) is 7.11 Å². The molecule has 5 heteroatoms. The molecule has 1 aromatic carbocycles. The fourth-order valence-electron chi connectivity index (χ4n) is 4.07. The number of nitrogens with zero attached hydrogens (tertiary/aromatic N) is 1. The van der Waals surface area contributed by atoms with Gasteiger partial charge >= 0.3 is 0 Å². The molecular weight excluding hydrogens is 558 g/mol. The Morgan fingerprint density at radius 2 is 1.88 bits per heavy atom. The molecule has 0 N–H and O–H groups in total. The van der Waals surface area contributed by atoms with Crippen LogP contribution < -0.4 is 4.74 Å². The molecule has 0 saturated heterocycles. The number of aromatic nitrogens is 1. The van der Waals surface area contributed by atoms with E-state index in [-0.39, 0.29) is 48.3 Å². The van der Waals surface area contributed by atoms with Gasteiger partial charge < -0.3 is 4.74 Å². The molecule has 1 atom stereocenters. The minimum absolute atomic E-state index is 0. The van der Waals surface area contributed by atoms with Gasteiger partial charge in [0.25, 0.3) is 0 Å². The first-order valence-corrected chi connectivity index (χ1v) is 8.89. The van der Waals surface area contributed by atoms with Crippen LogP contribution in [0.4, 0.5) is 8.78 Å². The van der Waals surface area contributed by atoms with E-state index in [0.29, 0.717) is 29.0 Å². The molecule has 1 aliphatic carbocycles. The molecule has 2 aromatic rings. The van der Waals surface area contributed by atoms with E-state index in [1.807, 2.05) is 13.0 Å². The molecule has 0 radical (unpaired) electrons. The summed E-state index contributed by atoms with van der Waals surface area (Å²) in [7, 11) is 1.49. The summed E-state index contributed by atoms with van der Waals surface area (Å²) in [5, 5.41) is 0. The van der Waals surface area contributed by atoms with Crippen molar-refractivity contribution in [2.45, 2.75) is 52.4 Å². The van der Waals surface area contributed by atoms with Gasteiger partial charge in [-0.05, 0) is 53.4 Å².